The summed E-state index contributed by atoms with van der Waals surface area (Å²) in [6.45, 7) is 1.96. The number of guanidine groups is 2. The van der Waals surface area contributed by atoms with Crippen molar-refractivity contribution in [3.8, 4) is 11.5 Å². The van der Waals surface area contributed by atoms with Crippen LogP contribution >= 0.6 is 0 Å². The van der Waals surface area contributed by atoms with Crippen molar-refractivity contribution >= 4 is 35.1 Å². The van der Waals surface area contributed by atoms with E-state index in [0.717, 1.165) is 11.3 Å². The van der Waals surface area contributed by atoms with Crippen LogP contribution in [0.1, 0.15) is 12.0 Å². The van der Waals surface area contributed by atoms with Gasteiger partial charge in [0.25, 0.3) is 5.91 Å². The van der Waals surface area contributed by atoms with E-state index in [-0.39, 0.29) is 18.3 Å². The van der Waals surface area contributed by atoms with Crippen LogP contribution < -0.4 is 31.2 Å². The highest BCUT2D eigenvalue weighted by Gasteiger charge is 2.29. The monoisotopic (exact) mass is 424 g/mol. The maximum atomic E-state index is 12.4. The Labute approximate surface area is 179 Å². The number of aliphatic imine (C=N–C) groups is 2. The van der Waals surface area contributed by atoms with E-state index in [4.69, 9.17) is 15.2 Å². The number of carbonyl (C=O) groups is 2. The number of ether oxygens (including phenoxy) is 2. The molecule has 0 saturated carbocycles. The lowest BCUT2D eigenvalue weighted by atomic mass is 10.2. The Morgan fingerprint density at radius 2 is 2.00 bits per heavy atom. The van der Waals surface area contributed by atoms with Gasteiger partial charge in [0.2, 0.25) is 17.8 Å². The molecule has 10 heteroatoms. The van der Waals surface area contributed by atoms with Crippen molar-refractivity contribution in [1.29, 1.82) is 0 Å². The number of amides is 2. The van der Waals surface area contributed by atoms with Gasteiger partial charge in [0, 0.05) is 11.8 Å². The molecule has 31 heavy (non-hydrogen) atoms. The van der Waals surface area contributed by atoms with Crippen LogP contribution in [0.2, 0.25) is 0 Å². The summed E-state index contributed by atoms with van der Waals surface area (Å²) in [6.07, 6.45) is -0.161. The number of nitrogens with zero attached hydrogens (tertiary/aromatic N) is 2. The molecule has 2 aromatic carbocycles. The van der Waals surface area contributed by atoms with Crippen LogP contribution in [0.3, 0.4) is 0 Å². The quantitative estimate of drug-likeness (QED) is 0.410. The van der Waals surface area contributed by atoms with Crippen LogP contribution in [-0.4, -0.2) is 44.0 Å². The fourth-order valence-corrected chi connectivity index (χ4v) is 2.92. The van der Waals surface area contributed by atoms with Crippen LogP contribution in [0.25, 0.3) is 0 Å². The topological polar surface area (TPSA) is 139 Å². The van der Waals surface area contributed by atoms with E-state index in [1.807, 2.05) is 31.2 Å². The maximum absolute atomic E-state index is 12.4. The number of methoxy groups -OCH3 is 2. The van der Waals surface area contributed by atoms with Gasteiger partial charge in [-0.25, -0.2) is 4.99 Å². The van der Waals surface area contributed by atoms with Gasteiger partial charge in [0.15, 0.2) is 0 Å². The van der Waals surface area contributed by atoms with Gasteiger partial charge in [-0.2, -0.15) is 4.99 Å². The molecule has 1 aliphatic rings. The zero-order valence-corrected chi connectivity index (χ0v) is 17.4. The standard InChI is InChI=1S/C21H24N6O4/c1-12-5-4-6-13(9-12)23-20(22)27-21-25-16(19(29)26-21)11-18(28)24-15-8-7-14(30-2)10-17(15)31-3/h4-10,16H,11H2,1-3H3,(H,24,28)(H4,22,23,25,26,27,29). The van der Waals surface area contributed by atoms with Crippen LogP contribution in [0, 0.1) is 6.92 Å². The van der Waals surface area contributed by atoms with Gasteiger partial charge < -0.3 is 25.8 Å². The van der Waals surface area contributed by atoms with E-state index in [2.05, 4.69) is 25.9 Å². The summed E-state index contributed by atoms with van der Waals surface area (Å²) in [5.74, 6) is 0.309. The average molecular weight is 424 g/mol. The molecule has 1 atom stereocenters. The van der Waals surface area contributed by atoms with Gasteiger partial charge in [-0.3, -0.25) is 14.9 Å². The third-order valence-electron chi connectivity index (χ3n) is 4.39. The molecule has 0 radical (unpaired) electrons. The summed E-state index contributed by atoms with van der Waals surface area (Å²) in [7, 11) is 3.02. The SMILES string of the molecule is COc1ccc(NC(=O)CC2N=C(/N=C(\N)Nc3cccc(C)c3)NC2=O)c(OC)c1. The van der Waals surface area contributed by atoms with Gasteiger partial charge in [0.1, 0.15) is 17.5 Å². The molecule has 2 aromatic rings. The fraction of sp³-hybridized carbons (Fsp3) is 0.238. The van der Waals surface area contributed by atoms with Crippen molar-refractivity contribution in [2.45, 2.75) is 19.4 Å². The highest BCUT2D eigenvalue weighted by molar-refractivity contribution is 6.11. The Morgan fingerprint density at radius 1 is 1.19 bits per heavy atom. The molecule has 0 aliphatic carbocycles. The molecular formula is C21H24N6O4. The predicted molar refractivity (Wildman–Crippen MR) is 119 cm³/mol. The first-order chi connectivity index (χ1) is 14.9. The molecular weight excluding hydrogens is 400 g/mol. The minimum absolute atomic E-state index is 0.0440. The number of aryl methyl sites for hydroxylation is 1. The second-order valence-electron chi connectivity index (χ2n) is 6.77. The predicted octanol–water partition coefficient (Wildman–Crippen LogP) is 1.62. The summed E-state index contributed by atoms with van der Waals surface area (Å²) >= 11 is 0. The number of hydrogen-bond donors (Lipinski definition) is 4. The summed E-state index contributed by atoms with van der Waals surface area (Å²) in [6, 6.07) is 11.7. The number of anilines is 2. The summed E-state index contributed by atoms with van der Waals surface area (Å²) in [5.41, 5.74) is 8.17. The Bertz CT molecular complexity index is 1050. The highest BCUT2D eigenvalue weighted by atomic mass is 16.5. The molecule has 0 aromatic heterocycles. The molecule has 0 fully saturated rings. The van der Waals surface area contributed by atoms with Crippen LogP contribution in [0.5, 0.6) is 11.5 Å². The Balaban J connectivity index is 1.63. The van der Waals surface area contributed by atoms with Crippen molar-refractivity contribution in [3.05, 3.63) is 48.0 Å². The lowest BCUT2D eigenvalue weighted by Gasteiger charge is -2.12. The first-order valence-electron chi connectivity index (χ1n) is 9.46. The second-order valence-corrected chi connectivity index (χ2v) is 6.77. The molecule has 3 rings (SSSR count). The number of hydrogen-bond acceptors (Lipinski definition) is 6. The zero-order valence-electron chi connectivity index (χ0n) is 17.4. The largest absolute Gasteiger partial charge is 0.497 e. The molecule has 1 heterocycles. The van der Waals surface area contributed by atoms with Crippen molar-refractivity contribution in [2.75, 3.05) is 24.9 Å². The van der Waals surface area contributed by atoms with Gasteiger partial charge >= 0.3 is 0 Å². The molecule has 10 nitrogen and oxygen atoms in total. The van der Waals surface area contributed by atoms with E-state index >= 15 is 0 Å². The Morgan fingerprint density at radius 3 is 2.71 bits per heavy atom. The molecule has 0 bridgehead atoms. The third-order valence-corrected chi connectivity index (χ3v) is 4.39. The van der Waals surface area contributed by atoms with E-state index in [1.54, 1.807) is 18.2 Å². The molecule has 0 spiro atoms. The van der Waals surface area contributed by atoms with Gasteiger partial charge in [-0.1, -0.05) is 12.1 Å². The summed E-state index contributed by atoms with van der Waals surface area (Å²) in [4.78, 5) is 32.8. The smallest absolute Gasteiger partial charge is 0.252 e. The van der Waals surface area contributed by atoms with Gasteiger partial charge in [-0.05, 0) is 36.8 Å². The van der Waals surface area contributed by atoms with Crippen LogP contribution in [-0.2, 0) is 9.59 Å². The molecule has 162 valence electrons. The van der Waals surface area contributed by atoms with Crippen molar-refractivity contribution < 1.29 is 19.1 Å². The molecule has 1 aliphatic heterocycles. The third kappa shape index (κ3) is 5.72. The minimum Gasteiger partial charge on any atom is -0.497 e. The van der Waals surface area contributed by atoms with Gasteiger partial charge in [-0.15, -0.1) is 0 Å². The van der Waals surface area contributed by atoms with E-state index < -0.39 is 17.9 Å². The van der Waals surface area contributed by atoms with Crippen molar-refractivity contribution in [2.24, 2.45) is 15.7 Å². The Kier molecular flexibility index (Phi) is 6.71. The molecule has 5 N–H and O–H groups in total. The summed E-state index contributed by atoms with van der Waals surface area (Å²) in [5, 5.41) is 8.16. The number of nitrogens with one attached hydrogen (secondary N) is 3. The van der Waals surface area contributed by atoms with E-state index in [1.165, 1.54) is 14.2 Å². The van der Waals surface area contributed by atoms with E-state index in [9.17, 15) is 9.59 Å². The summed E-state index contributed by atoms with van der Waals surface area (Å²) < 4.78 is 10.4. The maximum Gasteiger partial charge on any atom is 0.252 e. The fourth-order valence-electron chi connectivity index (χ4n) is 2.92. The zero-order chi connectivity index (χ0) is 22.4. The van der Waals surface area contributed by atoms with Crippen molar-refractivity contribution in [3.63, 3.8) is 0 Å². The normalized spacial score (nSPS) is 15.7. The second kappa shape index (κ2) is 9.61. The van der Waals surface area contributed by atoms with Gasteiger partial charge in [0.05, 0.1) is 26.3 Å². The lowest BCUT2D eigenvalue weighted by molar-refractivity contribution is -0.123. The number of nitrogens with two attached hydrogens (primary N) is 1. The minimum atomic E-state index is -0.908. The molecule has 2 amide bonds. The first-order valence-corrected chi connectivity index (χ1v) is 9.46. The highest BCUT2D eigenvalue weighted by Crippen LogP contribution is 2.29. The molecule has 1 unspecified atom stereocenters. The lowest BCUT2D eigenvalue weighted by Crippen LogP contribution is -2.32. The number of benzene rings is 2. The number of carbonyl (C=O) groups excluding carboxylic acids is 2. The van der Waals surface area contributed by atoms with Crippen molar-refractivity contribution in [1.82, 2.24) is 5.32 Å². The van der Waals surface area contributed by atoms with E-state index in [0.29, 0.717) is 17.2 Å². The first kappa shape index (κ1) is 21.6. The average Bonchev–Trinajstić information content (AvgIpc) is 3.06. The van der Waals surface area contributed by atoms with Crippen LogP contribution in [0.4, 0.5) is 11.4 Å². The van der Waals surface area contributed by atoms with Crippen LogP contribution in [0.15, 0.2) is 52.4 Å². The molecule has 0 saturated heterocycles. The number of rotatable bonds is 6. The Hall–Kier alpha value is -4.08.